The van der Waals surface area contributed by atoms with Gasteiger partial charge in [-0.1, -0.05) is 60.7 Å². The first-order valence-electron chi connectivity index (χ1n) is 9.01. The molecule has 0 radical (unpaired) electrons. The predicted molar refractivity (Wildman–Crippen MR) is 101 cm³/mol. The molecule has 3 atom stereocenters. The molecule has 2 aromatic rings. The van der Waals surface area contributed by atoms with Crippen molar-refractivity contribution in [3.8, 4) is 0 Å². The Morgan fingerprint density at radius 2 is 1.64 bits per heavy atom. The normalized spacial score (nSPS) is 19.8. The molecule has 2 amide bonds. The molecule has 0 aromatic heterocycles. The summed E-state index contributed by atoms with van der Waals surface area (Å²) in [7, 11) is 0. The maximum atomic E-state index is 12.8. The third-order valence-corrected chi connectivity index (χ3v) is 4.52. The molecule has 1 aliphatic heterocycles. The summed E-state index contributed by atoms with van der Waals surface area (Å²) in [6.07, 6.45) is -1.46. The molecule has 3 rings (SSSR count). The van der Waals surface area contributed by atoms with Gasteiger partial charge in [0, 0.05) is 0 Å². The fourth-order valence-corrected chi connectivity index (χ4v) is 3.08. The van der Waals surface area contributed by atoms with Crippen LogP contribution in [0.25, 0.3) is 0 Å². The van der Waals surface area contributed by atoms with E-state index in [1.165, 1.54) is 0 Å². The second-order valence-corrected chi connectivity index (χ2v) is 6.63. The maximum Gasteiger partial charge on any atom is 0.417 e. The van der Waals surface area contributed by atoms with E-state index in [1.54, 1.807) is 6.92 Å². The van der Waals surface area contributed by atoms with Crippen molar-refractivity contribution in [2.45, 2.75) is 38.1 Å². The molecule has 1 saturated heterocycles. The van der Waals surface area contributed by atoms with Crippen LogP contribution in [0.5, 0.6) is 0 Å². The van der Waals surface area contributed by atoms with E-state index in [2.05, 4.69) is 0 Å². The lowest BCUT2D eigenvalue weighted by molar-refractivity contribution is -0.154. The quantitative estimate of drug-likeness (QED) is 0.768. The van der Waals surface area contributed by atoms with Crippen LogP contribution in [0.4, 0.5) is 4.79 Å². The van der Waals surface area contributed by atoms with E-state index < -0.39 is 36.2 Å². The second kappa shape index (κ2) is 8.67. The zero-order chi connectivity index (χ0) is 20.1. The van der Waals surface area contributed by atoms with E-state index in [-0.39, 0.29) is 13.0 Å². The van der Waals surface area contributed by atoms with Gasteiger partial charge in [-0.05, 0) is 24.5 Å². The van der Waals surface area contributed by atoms with E-state index in [4.69, 9.17) is 15.2 Å². The lowest BCUT2D eigenvalue weighted by Crippen LogP contribution is -2.52. The van der Waals surface area contributed by atoms with Crippen molar-refractivity contribution in [3.63, 3.8) is 0 Å². The number of ether oxygens (including phenoxy) is 2. The Balaban J connectivity index is 1.69. The van der Waals surface area contributed by atoms with E-state index in [9.17, 15) is 14.4 Å². The summed E-state index contributed by atoms with van der Waals surface area (Å²) in [6.45, 7) is 1.58. The number of esters is 1. The Labute approximate surface area is 163 Å². The maximum absolute atomic E-state index is 12.8. The lowest BCUT2D eigenvalue weighted by atomic mass is 10.0. The summed E-state index contributed by atoms with van der Waals surface area (Å²) in [4.78, 5) is 38.3. The molecule has 1 heterocycles. The minimum Gasteiger partial charge on any atom is -0.459 e. The van der Waals surface area contributed by atoms with Crippen molar-refractivity contribution in [1.82, 2.24) is 4.90 Å². The van der Waals surface area contributed by atoms with Gasteiger partial charge >= 0.3 is 12.1 Å². The highest BCUT2D eigenvalue weighted by molar-refractivity contribution is 6.01. The predicted octanol–water partition coefficient (Wildman–Crippen LogP) is 2.04. The number of imide groups is 1. The Bertz CT molecular complexity index is 840. The van der Waals surface area contributed by atoms with E-state index in [0.717, 1.165) is 16.0 Å². The highest BCUT2D eigenvalue weighted by Gasteiger charge is 2.49. The largest absolute Gasteiger partial charge is 0.459 e. The number of nitrogens with zero attached hydrogens (tertiary/aromatic N) is 1. The van der Waals surface area contributed by atoms with Crippen LogP contribution < -0.4 is 5.73 Å². The Kier molecular flexibility index (Phi) is 6.06. The highest BCUT2D eigenvalue weighted by atomic mass is 16.6. The minimum absolute atomic E-state index is 0.0369. The van der Waals surface area contributed by atoms with Crippen LogP contribution in [0.2, 0.25) is 0 Å². The van der Waals surface area contributed by atoms with Crippen molar-refractivity contribution in [2.75, 3.05) is 0 Å². The monoisotopic (exact) mass is 382 g/mol. The molecule has 0 unspecified atom stereocenters. The molecular weight excluding hydrogens is 360 g/mol. The minimum atomic E-state index is -1.16. The Morgan fingerprint density at radius 1 is 1.07 bits per heavy atom. The SMILES string of the molecule is C[C@@H]1OC(=O)N(C(=O)[C@@H](N)Cc2ccccc2)[C@H]1C(=O)OCc1ccccc1. The van der Waals surface area contributed by atoms with Crippen molar-refractivity contribution >= 4 is 18.0 Å². The van der Waals surface area contributed by atoms with E-state index in [1.807, 2.05) is 60.7 Å². The van der Waals surface area contributed by atoms with Crippen molar-refractivity contribution in [2.24, 2.45) is 5.73 Å². The van der Waals surface area contributed by atoms with Gasteiger partial charge in [0.25, 0.3) is 0 Å². The van der Waals surface area contributed by atoms with Gasteiger partial charge in [-0.3, -0.25) is 4.79 Å². The molecule has 0 aliphatic carbocycles. The van der Waals surface area contributed by atoms with Crippen molar-refractivity contribution in [3.05, 3.63) is 71.8 Å². The molecule has 0 spiro atoms. The van der Waals surface area contributed by atoms with Gasteiger partial charge in [-0.25, -0.2) is 14.5 Å². The number of nitrogens with two attached hydrogens (primary N) is 1. The number of benzene rings is 2. The van der Waals surface area contributed by atoms with Crippen molar-refractivity contribution < 1.29 is 23.9 Å². The number of hydrogen-bond acceptors (Lipinski definition) is 6. The van der Waals surface area contributed by atoms with Gasteiger partial charge in [-0.15, -0.1) is 0 Å². The fraction of sp³-hybridized carbons (Fsp3) is 0.286. The smallest absolute Gasteiger partial charge is 0.417 e. The van der Waals surface area contributed by atoms with E-state index in [0.29, 0.717) is 0 Å². The van der Waals surface area contributed by atoms with Crippen molar-refractivity contribution in [1.29, 1.82) is 0 Å². The number of rotatable bonds is 6. The summed E-state index contributed by atoms with van der Waals surface area (Å²) in [5.41, 5.74) is 7.67. The van der Waals surface area contributed by atoms with Gasteiger partial charge in [-0.2, -0.15) is 0 Å². The molecule has 7 heteroatoms. The molecule has 1 aliphatic rings. The van der Waals surface area contributed by atoms with Crippen LogP contribution in [0, 0.1) is 0 Å². The molecule has 146 valence electrons. The highest BCUT2D eigenvalue weighted by Crippen LogP contribution is 2.22. The molecule has 0 bridgehead atoms. The molecule has 2 N–H and O–H groups in total. The molecular formula is C21H22N2O5. The Hall–Kier alpha value is -3.19. The van der Waals surface area contributed by atoms with Crippen LogP contribution in [-0.2, 0) is 32.1 Å². The summed E-state index contributed by atoms with van der Waals surface area (Å²) in [5, 5.41) is 0. The van der Waals surface area contributed by atoms with Gasteiger partial charge in [0.1, 0.15) is 12.7 Å². The first kappa shape index (κ1) is 19.6. The van der Waals surface area contributed by atoms with Crippen LogP contribution in [0.15, 0.2) is 60.7 Å². The zero-order valence-corrected chi connectivity index (χ0v) is 15.5. The summed E-state index contributed by atoms with van der Waals surface area (Å²) < 4.78 is 10.4. The Morgan fingerprint density at radius 3 is 2.25 bits per heavy atom. The van der Waals surface area contributed by atoms with Gasteiger partial charge < -0.3 is 15.2 Å². The van der Waals surface area contributed by atoms with Gasteiger partial charge in [0.15, 0.2) is 6.04 Å². The molecule has 28 heavy (non-hydrogen) atoms. The number of carbonyl (C=O) groups is 3. The molecule has 2 aromatic carbocycles. The zero-order valence-electron chi connectivity index (χ0n) is 15.5. The first-order valence-corrected chi connectivity index (χ1v) is 9.01. The van der Waals surface area contributed by atoms with Crippen LogP contribution in [0.3, 0.4) is 0 Å². The molecule has 1 fully saturated rings. The third-order valence-electron chi connectivity index (χ3n) is 4.52. The lowest BCUT2D eigenvalue weighted by Gasteiger charge is -2.23. The van der Waals surface area contributed by atoms with Gasteiger partial charge in [0.05, 0.1) is 6.04 Å². The average molecular weight is 382 g/mol. The number of cyclic esters (lactones) is 1. The van der Waals surface area contributed by atoms with Crippen LogP contribution in [-0.4, -0.2) is 41.1 Å². The number of carbonyl (C=O) groups excluding carboxylic acids is 3. The number of amides is 2. The van der Waals surface area contributed by atoms with Crippen LogP contribution >= 0.6 is 0 Å². The topological polar surface area (TPSA) is 98.9 Å². The summed E-state index contributed by atoms with van der Waals surface area (Å²) >= 11 is 0. The van der Waals surface area contributed by atoms with E-state index >= 15 is 0 Å². The second-order valence-electron chi connectivity index (χ2n) is 6.63. The summed E-state index contributed by atoms with van der Waals surface area (Å²) in [5.74, 6) is -1.37. The van der Waals surface area contributed by atoms with Gasteiger partial charge in [0.2, 0.25) is 5.91 Å². The third kappa shape index (κ3) is 4.37. The standard InChI is InChI=1S/C21H22N2O5/c1-14-18(20(25)27-13-16-10-6-3-7-11-16)23(21(26)28-14)19(24)17(22)12-15-8-4-2-5-9-15/h2-11,14,17-18H,12-13,22H2,1H3/t14-,17-,18+/m0/s1. The molecule has 0 saturated carbocycles. The fourth-order valence-electron chi connectivity index (χ4n) is 3.08. The average Bonchev–Trinajstić information content (AvgIpc) is 3.00. The summed E-state index contributed by atoms with van der Waals surface area (Å²) in [6, 6.07) is 16.2. The molecule has 7 nitrogen and oxygen atoms in total. The van der Waals surface area contributed by atoms with Crippen LogP contribution in [0.1, 0.15) is 18.1 Å². The number of hydrogen-bond donors (Lipinski definition) is 1. The first-order chi connectivity index (χ1) is 13.5.